The number of rotatable bonds is 5. The SMILES string of the molecule is CN(Cc1ccsc1)S(=O)(=O)c1ccc(CCl)cc1. The van der Waals surface area contributed by atoms with E-state index in [9.17, 15) is 8.42 Å². The van der Waals surface area contributed by atoms with Gasteiger partial charge in [0, 0.05) is 19.5 Å². The van der Waals surface area contributed by atoms with Gasteiger partial charge in [-0.05, 0) is 40.1 Å². The Morgan fingerprint density at radius 2 is 1.84 bits per heavy atom. The summed E-state index contributed by atoms with van der Waals surface area (Å²) >= 11 is 7.25. The molecule has 0 unspecified atom stereocenters. The summed E-state index contributed by atoms with van der Waals surface area (Å²) in [6, 6.07) is 8.58. The normalized spacial score (nSPS) is 11.9. The van der Waals surface area contributed by atoms with Crippen molar-refractivity contribution in [3.63, 3.8) is 0 Å². The Hall–Kier alpha value is -0.880. The number of benzene rings is 1. The Labute approximate surface area is 122 Å². The summed E-state index contributed by atoms with van der Waals surface area (Å²) in [6.07, 6.45) is 0. The van der Waals surface area contributed by atoms with E-state index >= 15 is 0 Å². The van der Waals surface area contributed by atoms with Gasteiger partial charge in [0.15, 0.2) is 0 Å². The minimum Gasteiger partial charge on any atom is -0.207 e. The first-order chi connectivity index (χ1) is 9.04. The number of thiophene rings is 1. The van der Waals surface area contributed by atoms with E-state index in [2.05, 4.69) is 0 Å². The van der Waals surface area contributed by atoms with Gasteiger partial charge in [-0.2, -0.15) is 15.6 Å². The van der Waals surface area contributed by atoms with E-state index in [4.69, 9.17) is 11.6 Å². The molecule has 0 bridgehead atoms. The first-order valence-electron chi connectivity index (χ1n) is 5.66. The summed E-state index contributed by atoms with van der Waals surface area (Å²) in [5, 5.41) is 3.88. The third-order valence-corrected chi connectivity index (χ3v) is 5.63. The van der Waals surface area contributed by atoms with Gasteiger partial charge in [-0.15, -0.1) is 11.6 Å². The largest absolute Gasteiger partial charge is 0.243 e. The Morgan fingerprint density at radius 3 is 2.37 bits per heavy atom. The van der Waals surface area contributed by atoms with E-state index < -0.39 is 10.0 Å². The van der Waals surface area contributed by atoms with Crippen LogP contribution in [0, 0.1) is 0 Å². The third kappa shape index (κ3) is 3.36. The monoisotopic (exact) mass is 315 g/mol. The maximum Gasteiger partial charge on any atom is 0.243 e. The fourth-order valence-electron chi connectivity index (χ4n) is 1.66. The molecule has 0 aliphatic heterocycles. The number of nitrogens with zero attached hydrogens (tertiary/aromatic N) is 1. The van der Waals surface area contributed by atoms with Gasteiger partial charge in [0.25, 0.3) is 0 Å². The Balaban J connectivity index is 2.20. The highest BCUT2D eigenvalue weighted by Gasteiger charge is 2.20. The lowest BCUT2D eigenvalue weighted by Crippen LogP contribution is -2.26. The molecular weight excluding hydrogens is 302 g/mol. The minimum absolute atomic E-state index is 0.291. The van der Waals surface area contributed by atoms with E-state index in [1.54, 1.807) is 42.6 Å². The number of halogens is 1. The van der Waals surface area contributed by atoms with Crippen molar-refractivity contribution < 1.29 is 8.42 Å². The predicted molar refractivity (Wildman–Crippen MR) is 79.0 cm³/mol. The predicted octanol–water partition coefficient (Wildman–Crippen LogP) is 3.31. The Morgan fingerprint density at radius 1 is 1.16 bits per heavy atom. The van der Waals surface area contributed by atoms with Gasteiger partial charge in [-0.3, -0.25) is 0 Å². The van der Waals surface area contributed by atoms with Crippen LogP contribution in [-0.4, -0.2) is 19.8 Å². The Kier molecular flexibility index (Phi) is 4.62. The minimum atomic E-state index is -3.45. The van der Waals surface area contributed by atoms with Crippen molar-refractivity contribution in [2.75, 3.05) is 7.05 Å². The molecule has 0 spiro atoms. The quantitative estimate of drug-likeness (QED) is 0.794. The molecule has 1 heterocycles. The Bertz CT molecular complexity index is 621. The molecule has 2 rings (SSSR count). The van der Waals surface area contributed by atoms with Crippen molar-refractivity contribution in [1.82, 2.24) is 4.31 Å². The zero-order valence-corrected chi connectivity index (χ0v) is 12.8. The fourth-order valence-corrected chi connectivity index (χ4v) is 3.65. The molecule has 2 aromatic rings. The van der Waals surface area contributed by atoms with Gasteiger partial charge in [-0.1, -0.05) is 12.1 Å². The van der Waals surface area contributed by atoms with Crippen LogP contribution in [0.4, 0.5) is 0 Å². The molecular formula is C13H14ClNO2S2. The van der Waals surface area contributed by atoms with Gasteiger partial charge in [0.05, 0.1) is 4.90 Å². The standard InChI is InChI=1S/C13H14ClNO2S2/c1-15(9-12-6-7-18-10-12)19(16,17)13-4-2-11(8-14)3-5-13/h2-7,10H,8-9H2,1H3. The lowest BCUT2D eigenvalue weighted by Gasteiger charge is -2.16. The van der Waals surface area contributed by atoms with Crippen molar-refractivity contribution in [3.05, 3.63) is 52.2 Å². The molecule has 0 aliphatic carbocycles. The summed E-state index contributed by atoms with van der Waals surface area (Å²) < 4.78 is 26.1. The molecule has 0 atom stereocenters. The van der Waals surface area contributed by atoms with E-state index in [1.807, 2.05) is 16.8 Å². The number of hydrogen-bond donors (Lipinski definition) is 0. The van der Waals surface area contributed by atoms with Gasteiger partial charge in [0.2, 0.25) is 10.0 Å². The van der Waals surface area contributed by atoms with Gasteiger partial charge < -0.3 is 0 Å². The highest BCUT2D eigenvalue weighted by atomic mass is 35.5. The maximum atomic E-state index is 12.4. The molecule has 6 heteroatoms. The maximum absolute atomic E-state index is 12.4. The van der Waals surface area contributed by atoms with E-state index in [1.165, 1.54) is 4.31 Å². The zero-order chi connectivity index (χ0) is 13.9. The molecule has 3 nitrogen and oxygen atoms in total. The summed E-state index contributed by atoms with van der Waals surface area (Å²) in [7, 11) is -1.86. The van der Waals surface area contributed by atoms with Crippen molar-refractivity contribution in [2.24, 2.45) is 0 Å². The van der Waals surface area contributed by atoms with Crippen molar-refractivity contribution >= 4 is 33.0 Å². The van der Waals surface area contributed by atoms with Gasteiger partial charge in [-0.25, -0.2) is 8.42 Å². The molecule has 0 radical (unpaired) electrons. The van der Waals surface area contributed by atoms with Crippen molar-refractivity contribution in [3.8, 4) is 0 Å². The summed E-state index contributed by atoms with van der Waals surface area (Å²) in [5.41, 5.74) is 1.90. The van der Waals surface area contributed by atoms with Crippen molar-refractivity contribution in [1.29, 1.82) is 0 Å². The number of alkyl halides is 1. The molecule has 102 valence electrons. The number of hydrogen-bond acceptors (Lipinski definition) is 3. The summed E-state index contributed by atoms with van der Waals surface area (Å²) in [6.45, 7) is 0.378. The van der Waals surface area contributed by atoms with Crippen LogP contribution in [0.3, 0.4) is 0 Å². The van der Waals surface area contributed by atoms with Crippen molar-refractivity contribution in [2.45, 2.75) is 17.3 Å². The first kappa shape index (κ1) is 14.5. The molecule has 19 heavy (non-hydrogen) atoms. The van der Waals surface area contributed by atoms with Crippen LogP contribution in [0.1, 0.15) is 11.1 Å². The summed E-state index contributed by atoms with van der Waals surface area (Å²) in [5.74, 6) is 0.380. The average Bonchev–Trinajstić information content (AvgIpc) is 2.91. The molecule has 0 saturated heterocycles. The van der Waals surface area contributed by atoms with Crippen LogP contribution in [0.15, 0.2) is 46.0 Å². The molecule has 0 N–H and O–H groups in total. The van der Waals surface area contributed by atoms with Crippen LogP contribution in [0.2, 0.25) is 0 Å². The van der Waals surface area contributed by atoms with Crippen LogP contribution in [-0.2, 0) is 22.4 Å². The molecule has 1 aromatic carbocycles. The zero-order valence-electron chi connectivity index (χ0n) is 10.4. The van der Waals surface area contributed by atoms with Crippen LogP contribution >= 0.6 is 22.9 Å². The topological polar surface area (TPSA) is 37.4 Å². The lowest BCUT2D eigenvalue weighted by atomic mass is 10.2. The number of sulfonamides is 1. The third-order valence-electron chi connectivity index (χ3n) is 2.77. The molecule has 1 aromatic heterocycles. The molecule has 0 saturated carbocycles. The van der Waals surface area contributed by atoms with Gasteiger partial charge in [0.1, 0.15) is 0 Å². The fraction of sp³-hybridized carbons (Fsp3) is 0.231. The molecule has 0 fully saturated rings. The van der Waals surface area contributed by atoms with Gasteiger partial charge >= 0.3 is 0 Å². The van der Waals surface area contributed by atoms with E-state index in [0.29, 0.717) is 17.3 Å². The smallest absolute Gasteiger partial charge is 0.207 e. The lowest BCUT2D eigenvalue weighted by molar-refractivity contribution is 0.467. The second-order valence-electron chi connectivity index (χ2n) is 4.17. The highest BCUT2D eigenvalue weighted by Crippen LogP contribution is 2.18. The summed E-state index contributed by atoms with van der Waals surface area (Å²) in [4.78, 5) is 0.291. The molecule has 0 amide bonds. The van der Waals surface area contributed by atoms with E-state index in [-0.39, 0.29) is 0 Å². The highest BCUT2D eigenvalue weighted by molar-refractivity contribution is 7.89. The van der Waals surface area contributed by atoms with Crippen LogP contribution in [0.5, 0.6) is 0 Å². The average molecular weight is 316 g/mol. The first-order valence-corrected chi connectivity index (χ1v) is 8.58. The molecule has 0 aliphatic rings. The van der Waals surface area contributed by atoms with Crippen LogP contribution in [0.25, 0.3) is 0 Å². The second kappa shape index (κ2) is 6.05. The van der Waals surface area contributed by atoms with Crippen LogP contribution < -0.4 is 0 Å². The van der Waals surface area contributed by atoms with E-state index in [0.717, 1.165) is 11.1 Å². The second-order valence-corrected chi connectivity index (χ2v) is 7.26.